The summed E-state index contributed by atoms with van der Waals surface area (Å²) in [7, 11) is 0. The molecule has 1 aliphatic rings. The van der Waals surface area contributed by atoms with Crippen LogP contribution in [0, 0.1) is 5.41 Å². The fourth-order valence-electron chi connectivity index (χ4n) is 3.08. The molecule has 0 aliphatic carbocycles. The summed E-state index contributed by atoms with van der Waals surface area (Å²) in [6.07, 6.45) is 7.86. The van der Waals surface area contributed by atoms with Crippen molar-refractivity contribution in [1.29, 1.82) is 0 Å². The zero-order chi connectivity index (χ0) is 15.3. The third-order valence-electron chi connectivity index (χ3n) is 4.84. The maximum atomic E-state index is 12.8. The van der Waals surface area contributed by atoms with Gasteiger partial charge in [0.15, 0.2) is 0 Å². The number of nitrogens with zero attached hydrogens (tertiary/aromatic N) is 2. The number of likely N-dealkylation sites (tertiary alicyclic amines) is 1. The monoisotopic (exact) mass is 289 g/mol. The van der Waals surface area contributed by atoms with E-state index in [0.29, 0.717) is 11.0 Å². The Kier molecular flexibility index (Phi) is 5.21. The van der Waals surface area contributed by atoms with Crippen LogP contribution >= 0.6 is 0 Å². The van der Waals surface area contributed by atoms with E-state index in [9.17, 15) is 4.79 Å². The van der Waals surface area contributed by atoms with Gasteiger partial charge in [0.2, 0.25) is 0 Å². The van der Waals surface area contributed by atoms with Gasteiger partial charge in [-0.15, -0.1) is 0 Å². The van der Waals surface area contributed by atoms with Crippen molar-refractivity contribution in [3.63, 3.8) is 0 Å². The minimum absolute atomic E-state index is 0.116. The first-order chi connectivity index (χ1) is 10.2. The Morgan fingerprint density at radius 1 is 1.38 bits per heavy atom. The van der Waals surface area contributed by atoms with Gasteiger partial charge in [0.25, 0.3) is 5.91 Å². The van der Waals surface area contributed by atoms with Gasteiger partial charge in [-0.1, -0.05) is 20.8 Å². The normalized spacial score (nSPS) is 17.0. The molecule has 116 valence electrons. The molecule has 1 aliphatic heterocycles. The first-order valence-electron chi connectivity index (χ1n) is 8.13. The molecule has 0 saturated carbocycles. The lowest BCUT2D eigenvalue weighted by atomic mass is 9.82. The first kappa shape index (κ1) is 15.8. The lowest BCUT2D eigenvalue weighted by Crippen LogP contribution is -2.32. The number of carbonyl (C=O) groups excluding carboxylic acids is 1. The summed E-state index contributed by atoms with van der Waals surface area (Å²) in [5, 5.41) is 3.33. The molecule has 1 fully saturated rings. The Morgan fingerprint density at radius 3 is 2.76 bits per heavy atom. The number of carbonyl (C=O) groups is 1. The number of aromatic nitrogens is 1. The van der Waals surface area contributed by atoms with Crippen molar-refractivity contribution >= 4 is 11.6 Å². The molecule has 0 aromatic carbocycles. The molecule has 1 N–H and O–H groups in total. The molecular weight excluding hydrogens is 262 g/mol. The summed E-state index contributed by atoms with van der Waals surface area (Å²) < 4.78 is 0. The van der Waals surface area contributed by atoms with Gasteiger partial charge in [0, 0.05) is 32.0 Å². The van der Waals surface area contributed by atoms with E-state index in [4.69, 9.17) is 0 Å². The van der Waals surface area contributed by atoms with Gasteiger partial charge in [-0.2, -0.15) is 0 Å². The fraction of sp³-hybridized carbons (Fsp3) is 0.647. The second-order valence-electron chi connectivity index (χ2n) is 6.03. The number of pyridine rings is 1. The number of hydrogen-bond donors (Lipinski definition) is 1. The number of hydrogen-bond acceptors (Lipinski definition) is 3. The molecule has 1 saturated heterocycles. The zero-order valence-electron chi connectivity index (χ0n) is 13.5. The van der Waals surface area contributed by atoms with Crippen molar-refractivity contribution in [2.75, 3.05) is 25.0 Å². The van der Waals surface area contributed by atoms with Crippen LogP contribution in [0.2, 0.25) is 0 Å². The lowest BCUT2D eigenvalue weighted by Gasteiger charge is -2.26. The minimum atomic E-state index is 0.116. The minimum Gasteiger partial charge on any atom is -0.384 e. The third kappa shape index (κ3) is 3.36. The lowest BCUT2D eigenvalue weighted by molar-refractivity contribution is 0.0770. The molecule has 4 nitrogen and oxygen atoms in total. The van der Waals surface area contributed by atoms with E-state index in [1.54, 1.807) is 12.4 Å². The molecule has 0 radical (unpaired) electrons. The largest absolute Gasteiger partial charge is 0.384 e. The number of anilines is 1. The van der Waals surface area contributed by atoms with Crippen molar-refractivity contribution < 1.29 is 4.79 Å². The fourth-order valence-corrected chi connectivity index (χ4v) is 3.08. The standard InChI is InChI=1S/C17H27N3O/c1-4-9-19-15-7-10-18-12-14(15)16(21)20-11-8-17(5-2,6-3)13-20/h7,10,12H,4-6,8-9,11,13H2,1-3H3,(H,18,19). The van der Waals surface area contributed by atoms with E-state index in [1.807, 2.05) is 11.0 Å². The van der Waals surface area contributed by atoms with Crippen LogP contribution in [0.5, 0.6) is 0 Å². The molecule has 2 heterocycles. The van der Waals surface area contributed by atoms with Crippen LogP contribution in [0.4, 0.5) is 5.69 Å². The van der Waals surface area contributed by atoms with Gasteiger partial charge in [-0.25, -0.2) is 0 Å². The highest BCUT2D eigenvalue weighted by Gasteiger charge is 2.37. The third-order valence-corrected chi connectivity index (χ3v) is 4.84. The summed E-state index contributed by atoms with van der Waals surface area (Å²) >= 11 is 0. The SMILES string of the molecule is CCCNc1ccncc1C(=O)N1CCC(CC)(CC)C1. The van der Waals surface area contributed by atoms with Crippen LogP contribution in [-0.2, 0) is 0 Å². The first-order valence-corrected chi connectivity index (χ1v) is 8.13. The van der Waals surface area contributed by atoms with E-state index < -0.39 is 0 Å². The highest BCUT2D eigenvalue weighted by atomic mass is 16.2. The Morgan fingerprint density at radius 2 is 2.14 bits per heavy atom. The molecule has 2 rings (SSSR count). The molecule has 1 aromatic heterocycles. The van der Waals surface area contributed by atoms with E-state index in [1.165, 1.54) is 0 Å². The number of rotatable bonds is 6. The van der Waals surface area contributed by atoms with Crippen molar-refractivity contribution in [3.8, 4) is 0 Å². The molecule has 0 atom stereocenters. The molecule has 0 bridgehead atoms. The molecule has 21 heavy (non-hydrogen) atoms. The van der Waals surface area contributed by atoms with Crippen molar-refractivity contribution in [1.82, 2.24) is 9.88 Å². The molecule has 1 amide bonds. The average molecular weight is 289 g/mol. The number of nitrogens with one attached hydrogen (secondary N) is 1. The molecule has 4 heteroatoms. The van der Waals surface area contributed by atoms with Gasteiger partial charge in [0.1, 0.15) is 0 Å². The Labute approximate surface area is 127 Å². The van der Waals surface area contributed by atoms with Crippen LogP contribution in [0.3, 0.4) is 0 Å². The van der Waals surface area contributed by atoms with Crippen LogP contribution in [0.25, 0.3) is 0 Å². The van der Waals surface area contributed by atoms with Crippen molar-refractivity contribution in [2.24, 2.45) is 5.41 Å². The average Bonchev–Trinajstić information content (AvgIpc) is 2.98. The van der Waals surface area contributed by atoms with Crippen LogP contribution in [-0.4, -0.2) is 35.4 Å². The summed E-state index contributed by atoms with van der Waals surface area (Å²) in [5.74, 6) is 0.116. The van der Waals surface area contributed by atoms with Crippen molar-refractivity contribution in [3.05, 3.63) is 24.0 Å². The predicted octanol–water partition coefficient (Wildman–Crippen LogP) is 3.56. The smallest absolute Gasteiger partial charge is 0.257 e. The zero-order valence-corrected chi connectivity index (χ0v) is 13.5. The second-order valence-corrected chi connectivity index (χ2v) is 6.03. The van der Waals surface area contributed by atoms with Crippen LogP contribution < -0.4 is 5.32 Å². The van der Waals surface area contributed by atoms with Gasteiger partial charge >= 0.3 is 0 Å². The summed E-state index contributed by atoms with van der Waals surface area (Å²) in [5.41, 5.74) is 1.92. The Hall–Kier alpha value is -1.58. The van der Waals surface area contributed by atoms with Crippen LogP contribution in [0.1, 0.15) is 56.8 Å². The van der Waals surface area contributed by atoms with E-state index >= 15 is 0 Å². The van der Waals surface area contributed by atoms with Crippen LogP contribution in [0.15, 0.2) is 18.5 Å². The number of amides is 1. The highest BCUT2D eigenvalue weighted by Crippen LogP contribution is 2.37. The maximum Gasteiger partial charge on any atom is 0.257 e. The van der Waals surface area contributed by atoms with Gasteiger partial charge in [-0.3, -0.25) is 9.78 Å². The summed E-state index contributed by atoms with van der Waals surface area (Å²) in [4.78, 5) is 18.9. The highest BCUT2D eigenvalue weighted by molar-refractivity contribution is 5.99. The molecule has 0 spiro atoms. The van der Waals surface area contributed by atoms with Gasteiger partial charge in [0.05, 0.1) is 11.3 Å². The van der Waals surface area contributed by atoms with E-state index in [0.717, 1.165) is 51.0 Å². The van der Waals surface area contributed by atoms with Gasteiger partial charge < -0.3 is 10.2 Å². The Bertz CT molecular complexity index is 483. The molecule has 1 aromatic rings. The van der Waals surface area contributed by atoms with E-state index in [-0.39, 0.29) is 5.91 Å². The molecule has 0 unspecified atom stereocenters. The summed E-state index contributed by atoms with van der Waals surface area (Å²) in [6, 6.07) is 1.89. The topological polar surface area (TPSA) is 45.2 Å². The Balaban J connectivity index is 2.14. The van der Waals surface area contributed by atoms with Gasteiger partial charge in [-0.05, 0) is 37.2 Å². The quantitative estimate of drug-likeness (QED) is 0.871. The van der Waals surface area contributed by atoms with E-state index in [2.05, 4.69) is 31.1 Å². The summed E-state index contributed by atoms with van der Waals surface area (Å²) in [6.45, 7) is 9.19. The van der Waals surface area contributed by atoms with Crippen molar-refractivity contribution in [2.45, 2.75) is 46.5 Å². The maximum absolute atomic E-state index is 12.8. The molecular formula is C17H27N3O. The predicted molar refractivity (Wildman–Crippen MR) is 86.6 cm³/mol. The second kappa shape index (κ2) is 6.92.